The Labute approximate surface area is 143 Å². The summed E-state index contributed by atoms with van der Waals surface area (Å²) in [6, 6.07) is 0. The topological polar surface area (TPSA) is 0 Å². The zero-order chi connectivity index (χ0) is 17.0. The maximum Gasteiger partial charge on any atom is 0.673 e. The molecule has 0 N–H and O–H groups in total. The average molecular weight is 373 g/mol. The van der Waals surface area contributed by atoms with Gasteiger partial charge in [-0.2, -0.15) is 0 Å². The van der Waals surface area contributed by atoms with E-state index < -0.39 is 7.25 Å². The molecule has 2 rings (SSSR count). The minimum atomic E-state index is -6.00. The Hall–Kier alpha value is 0.645. The summed E-state index contributed by atoms with van der Waals surface area (Å²) in [6.45, 7) is 0. The monoisotopic (exact) mass is 373 g/mol. The van der Waals surface area contributed by atoms with Gasteiger partial charge < -0.3 is 17.3 Å². The molecule has 2 unspecified atom stereocenters. The van der Waals surface area contributed by atoms with Gasteiger partial charge >= 0.3 is 7.25 Å². The molecule has 2 saturated carbocycles. The third-order valence-corrected chi connectivity index (χ3v) is 8.27. The van der Waals surface area contributed by atoms with Gasteiger partial charge in [-0.15, -0.1) is 17.2 Å². The fourth-order valence-electron chi connectivity index (χ4n) is 3.48. The van der Waals surface area contributed by atoms with Crippen molar-refractivity contribution >= 4 is 24.4 Å². The van der Waals surface area contributed by atoms with Crippen LogP contribution in [0.3, 0.4) is 0 Å². The SMILES string of the molecule is C1CCC(PCCCCPC2CCCCC2)CC1.F[B-](F)(F)F. The van der Waals surface area contributed by atoms with E-state index in [1.165, 1.54) is 68.5 Å². The predicted octanol–water partition coefficient (Wildman–Crippen LogP) is 7.09. The lowest BCUT2D eigenvalue weighted by molar-refractivity contribution is 0.368. The van der Waals surface area contributed by atoms with E-state index in [1.807, 2.05) is 0 Å². The lowest BCUT2D eigenvalue weighted by atomic mass is 10.0. The van der Waals surface area contributed by atoms with Crippen LogP contribution in [-0.4, -0.2) is 30.9 Å². The van der Waals surface area contributed by atoms with Crippen molar-refractivity contribution in [2.45, 2.75) is 88.4 Å². The van der Waals surface area contributed by atoms with Crippen LogP contribution in [0.15, 0.2) is 0 Å². The molecule has 23 heavy (non-hydrogen) atoms. The van der Waals surface area contributed by atoms with Crippen LogP contribution in [0.2, 0.25) is 0 Å². The number of rotatable bonds is 7. The molecule has 2 aliphatic carbocycles. The van der Waals surface area contributed by atoms with Crippen LogP contribution in [0.4, 0.5) is 17.3 Å². The summed E-state index contributed by atoms with van der Waals surface area (Å²) >= 11 is 0. The second-order valence-electron chi connectivity index (χ2n) is 6.78. The van der Waals surface area contributed by atoms with Gasteiger partial charge in [0, 0.05) is 0 Å². The highest BCUT2D eigenvalue weighted by atomic mass is 31.1. The van der Waals surface area contributed by atoms with E-state index in [9.17, 15) is 17.3 Å². The van der Waals surface area contributed by atoms with Gasteiger partial charge in [0.05, 0.1) is 0 Å². The molecule has 0 spiro atoms. The molecule has 0 aromatic carbocycles. The highest BCUT2D eigenvalue weighted by Crippen LogP contribution is 2.35. The Balaban J connectivity index is 0.000000463. The highest BCUT2D eigenvalue weighted by Gasteiger charge is 2.20. The van der Waals surface area contributed by atoms with Crippen LogP contribution >= 0.6 is 17.2 Å². The number of unbranched alkanes of at least 4 members (excludes halogenated alkanes) is 1. The fraction of sp³-hybridized carbons (Fsp3) is 1.00. The number of hydrogen-bond acceptors (Lipinski definition) is 0. The summed E-state index contributed by atoms with van der Waals surface area (Å²) < 4.78 is 39.0. The second kappa shape index (κ2) is 12.9. The maximum atomic E-state index is 9.75. The van der Waals surface area contributed by atoms with Crippen LogP contribution in [0.25, 0.3) is 0 Å². The molecule has 0 aromatic heterocycles. The Morgan fingerprint density at radius 1 is 0.609 bits per heavy atom. The fourth-order valence-corrected chi connectivity index (χ4v) is 6.83. The molecule has 0 radical (unpaired) electrons. The summed E-state index contributed by atoms with van der Waals surface area (Å²) in [4.78, 5) is 0. The lowest BCUT2D eigenvalue weighted by Gasteiger charge is -2.22. The van der Waals surface area contributed by atoms with Gasteiger partial charge in [-0.1, -0.05) is 38.5 Å². The van der Waals surface area contributed by atoms with Crippen LogP contribution in [-0.2, 0) is 0 Å². The van der Waals surface area contributed by atoms with Crippen LogP contribution in [0.1, 0.15) is 77.0 Å². The summed E-state index contributed by atoms with van der Waals surface area (Å²) in [5, 5.41) is 0. The molecule has 2 fully saturated rings. The van der Waals surface area contributed by atoms with Gasteiger partial charge in [-0.3, -0.25) is 0 Å². The van der Waals surface area contributed by atoms with Crippen LogP contribution in [0, 0.1) is 0 Å². The van der Waals surface area contributed by atoms with Gasteiger partial charge in [0.2, 0.25) is 0 Å². The molecule has 0 bridgehead atoms. The zero-order valence-corrected chi connectivity index (χ0v) is 16.1. The van der Waals surface area contributed by atoms with Crippen molar-refractivity contribution in [1.82, 2.24) is 0 Å². The van der Waals surface area contributed by atoms with E-state index in [0.717, 1.165) is 11.3 Å². The molecular weight excluding hydrogens is 341 g/mol. The summed E-state index contributed by atoms with van der Waals surface area (Å²) in [6.07, 6.45) is 21.6. The Kier molecular flexibility index (Phi) is 12.2. The van der Waals surface area contributed by atoms with E-state index in [2.05, 4.69) is 0 Å². The van der Waals surface area contributed by atoms with Crippen LogP contribution in [0.5, 0.6) is 0 Å². The van der Waals surface area contributed by atoms with Crippen molar-refractivity contribution in [2.75, 3.05) is 12.3 Å². The van der Waals surface area contributed by atoms with E-state index in [1.54, 1.807) is 38.0 Å². The Bertz CT molecular complexity index is 250. The molecule has 2 atom stereocenters. The van der Waals surface area contributed by atoms with Crippen LogP contribution < -0.4 is 0 Å². The van der Waals surface area contributed by atoms with E-state index in [0.29, 0.717) is 0 Å². The molecule has 2 aliphatic rings. The second-order valence-corrected chi connectivity index (χ2v) is 10.2. The quantitative estimate of drug-likeness (QED) is 0.193. The van der Waals surface area contributed by atoms with Gasteiger partial charge in [-0.25, -0.2) is 0 Å². The Morgan fingerprint density at radius 3 is 1.22 bits per heavy atom. The largest absolute Gasteiger partial charge is 0.673 e. The first-order chi connectivity index (χ1) is 10.9. The Morgan fingerprint density at radius 2 is 0.913 bits per heavy atom. The molecule has 138 valence electrons. The summed E-state index contributed by atoms with van der Waals surface area (Å²) in [7, 11) is -3.40. The predicted molar refractivity (Wildman–Crippen MR) is 99.5 cm³/mol. The van der Waals surface area contributed by atoms with E-state index in [-0.39, 0.29) is 0 Å². The van der Waals surface area contributed by atoms with Crippen molar-refractivity contribution in [1.29, 1.82) is 0 Å². The molecule has 0 aliphatic heterocycles. The molecule has 0 saturated heterocycles. The highest BCUT2D eigenvalue weighted by molar-refractivity contribution is 7.39. The van der Waals surface area contributed by atoms with Crippen molar-refractivity contribution < 1.29 is 17.3 Å². The van der Waals surface area contributed by atoms with Gasteiger partial charge in [0.25, 0.3) is 0 Å². The maximum absolute atomic E-state index is 9.75. The van der Waals surface area contributed by atoms with Gasteiger partial charge in [0.1, 0.15) is 0 Å². The lowest BCUT2D eigenvalue weighted by Crippen LogP contribution is -2.07. The summed E-state index contributed by atoms with van der Waals surface area (Å²) in [5.41, 5.74) is 2.28. The van der Waals surface area contributed by atoms with E-state index >= 15 is 0 Å². The molecule has 0 heterocycles. The minimum absolute atomic E-state index is 1.14. The van der Waals surface area contributed by atoms with Crippen molar-refractivity contribution in [2.24, 2.45) is 0 Å². The van der Waals surface area contributed by atoms with Gasteiger partial charge in [-0.05, 0) is 62.2 Å². The minimum Gasteiger partial charge on any atom is -0.418 e. The van der Waals surface area contributed by atoms with Crippen molar-refractivity contribution in [3.05, 3.63) is 0 Å². The molecule has 0 nitrogen and oxygen atoms in total. The average Bonchev–Trinajstić information content (AvgIpc) is 2.51. The molecule has 0 amide bonds. The standard InChI is InChI=1S/C16H32P2.BF4/c1-3-9-15(10-4-1)17-13-7-8-14-18-16-11-5-2-6-12-16;2-1(3,4)5/h15-18H,1-14H2;/q;-1. The van der Waals surface area contributed by atoms with Crippen molar-refractivity contribution in [3.8, 4) is 0 Å². The molecule has 0 aromatic rings. The first kappa shape index (κ1) is 21.7. The smallest absolute Gasteiger partial charge is 0.418 e. The molecular formula is C16H32BF4P2-. The summed E-state index contributed by atoms with van der Waals surface area (Å²) in [5.74, 6) is 0. The zero-order valence-electron chi connectivity index (χ0n) is 14.1. The van der Waals surface area contributed by atoms with Crippen molar-refractivity contribution in [3.63, 3.8) is 0 Å². The number of hydrogen-bond donors (Lipinski definition) is 0. The third-order valence-electron chi connectivity index (χ3n) is 4.68. The molecule has 7 heteroatoms. The third kappa shape index (κ3) is 14.7. The first-order valence-electron chi connectivity index (χ1n) is 9.29. The van der Waals surface area contributed by atoms with Gasteiger partial charge in [0.15, 0.2) is 0 Å². The number of halogens is 4. The first-order valence-corrected chi connectivity index (χ1v) is 11.9. The van der Waals surface area contributed by atoms with E-state index in [4.69, 9.17) is 0 Å². The normalized spacial score (nSPS) is 21.9.